The molecule has 2 atom stereocenters. The highest BCUT2D eigenvalue weighted by molar-refractivity contribution is 5.83. The van der Waals surface area contributed by atoms with Crippen LogP contribution in [0.5, 0.6) is 0 Å². The fourth-order valence-corrected chi connectivity index (χ4v) is 2.26. The molecule has 1 fully saturated rings. The summed E-state index contributed by atoms with van der Waals surface area (Å²) in [5.41, 5.74) is 0.801. The quantitative estimate of drug-likeness (QED) is 0.859. The number of carboxylic acids is 2. The molecular weight excluding hydrogens is 278 g/mol. The van der Waals surface area contributed by atoms with Crippen LogP contribution in [0.3, 0.4) is 0 Å². The fraction of sp³-hybridized carbons (Fsp3) is 0.357. The molecule has 2 N–H and O–H groups in total. The SMILES string of the molecule is O=C(O)[C@H]1CN(C(=O)OCc2ccccc2)C[C@H]1C(=O)O. The molecule has 1 aliphatic rings. The summed E-state index contributed by atoms with van der Waals surface area (Å²) in [6, 6.07) is 9.02. The van der Waals surface area contributed by atoms with E-state index >= 15 is 0 Å². The maximum absolute atomic E-state index is 11.9. The number of carbonyl (C=O) groups excluding carboxylic acids is 1. The third kappa shape index (κ3) is 3.50. The number of hydrogen-bond donors (Lipinski definition) is 2. The summed E-state index contributed by atoms with van der Waals surface area (Å²) in [4.78, 5) is 35.0. The van der Waals surface area contributed by atoms with E-state index < -0.39 is 29.9 Å². The van der Waals surface area contributed by atoms with Crippen molar-refractivity contribution in [3.63, 3.8) is 0 Å². The van der Waals surface area contributed by atoms with Crippen molar-refractivity contribution in [3.8, 4) is 0 Å². The van der Waals surface area contributed by atoms with E-state index in [2.05, 4.69) is 0 Å². The van der Waals surface area contributed by atoms with Gasteiger partial charge in [-0.25, -0.2) is 4.79 Å². The lowest BCUT2D eigenvalue weighted by Gasteiger charge is -2.15. The Morgan fingerprint density at radius 3 is 2.05 bits per heavy atom. The van der Waals surface area contributed by atoms with Crippen LogP contribution in [0.4, 0.5) is 4.79 Å². The Bertz CT molecular complexity index is 522. The third-order valence-electron chi connectivity index (χ3n) is 3.42. The molecule has 0 saturated carbocycles. The molecule has 0 spiro atoms. The van der Waals surface area contributed by atoms with Gasteiger partial charge in [-0.2, -0.15) is 0 Å². The molecule has 0 unspecified atom stereocenters. The van der Waals surface area contributed by atoms with Gasteiger partial charge in [-0.1, -0.05) is 30.3 Å². The van der Waals surface area contributed by atoms with Gasteiger partial charge >= 0.3 is 18.0 Å². The molecule has 0 radical (unpaired) electrons. The smallest absolute Gasteiger partial charge is 0.410 e. The van der Waals surface area contributed by atoms with Crippen LogP contribution in [0.2, 0.25) is 0 Å². The topological polar surface area (TPSA) is 104 Å². The standard InChI is InChI=1S/C14H15NO6/c16-12(17)10-6-15(7-11(10)13(18)19)14(20)21-8-9-4-2-1-3-5-9/h1-5,10-11H,6-8H2,(H,16,17)(H,18,19)/t10-,11+. The van der Waals surface area contributed by atoms with Gasteiger partial charge in [-0.05, 0) is 5.56 Å². The van der Waals surface area contributed by atoms with Crippen LogP contribution in [-0.4, -0.2) is 46.2 Å². The number of aliphatic carboxylic acids is 2. The summed E-state index contributed by atoms with van der Waals surface area (Å²) in [6.45, 7) is -0.245. The Kier molecular flexibility index (Phi) is 4.42. The number of hydrogen-bond acceptors (Lipinski definition) is 4. The van der Waals surface area contributed by atoms with Crippen molar-refractivity contribution < 1.29 is 29.3 Å². The van der Waals surface area contributed by atoms with Crippen LogP contribution >= 0.6 is 0 Å². The molecule has 7 nitrogen and oxygen atoms in total. The number of amides is 1. The van der Waals surface area contributed by atoms with Crippen LogP contribution in [0.15, 0.2) is 30.3 Å². The van der Waals surface area contributed by atoms with Crippen molar-refractivity contribution in [2.24, 2.45) is 11.8 Å². The normalized spacial score (nSPS) is 21.0. The molecule has 112 valence electrons. The number of carboxylic acid groups (broad SMARTS) is 2. The maximum Gasteiger partial charge on any atom is 0.410 e. The number of ether oxygens (including phenoxy) is 1. The molecule has 1 amide bonds. The number of nitrogens with zero attached hydrogens (tertiary/aromatic N) is 1. The summed E-state index contributed by atoms with van der Waals surface area (Å²) in [5, 5.41) is 18.0. The first kappa shape index (κ1) is 14.8. The third-order valence-corrected chi connectivity index (χ3v) is 3.42. The van der Waals surface area contributed by atoms with E-state index in [1.165, 1.54) is 0 Å². The highest BCUT2D eigenvalue weighted by Gasteiger charge is 2.44. The lowest BCUT2D eigenvalue weighted by atomic mass is 9.97. The van der Waals surface area contributed by atoms with E-state index in [-0.39, 0.29) is 19.7 Å². The molecule has 1 aliphatic heterocycles. The molecule has 0 aliphatic carbocycles. The van der Waals surface area contributed by atoms with E-state index in [1.807, 2.05) is 6.07 Å². The van der Waals surface area contributed by atoms with Crippen molar-refractivity contribution in [1.82, 2.24) is 4.90 Å². The van der Waals surface area contributed by atoms with Gasteiger partial charge in [-0.15, -0.1) is 0 Å². The van der Waals surface area contributed by atoms with Gasteiger partial charge in [0, 0.05) is 13.1 Å². The summed E-state index contributed by atoms with van der Waals surface area (Å²) in [6.07, 6.45) is -0.700. The minimum absolute atomic E-state index is 0.0612. The average molecular weight is 293 g/mol. The molecule has 21 heavy (non-hydrogen) atoms. The first-order valence-corrected chi connectivity index (χ1v) is 6.40. The molecule has 1 aromatic rings. The second kappa shape index (κ2) is 6.25. The highest BCUT2D eigenvalue weighted by Crippen LogP contribution is 2.24. The zero-order valence-corrected chi connectivity index (χ0v) is 11.1. The van der Waals surface area contributed by atoms with Gasteiger partial charge in [-0.3, -0.25) is 9.59 Å². The molecule has 2 rings (SSSR count). The zero-order chi connectivity index (χ0) is 15.4. The monoisotopic (exact) mass is 293 g/mol. The van der Waals surface area contributed by atoms with E-state index in [0.29, 0.717) is 0 Å². The minimum Gasteiger partial charge on any atom is -0.481 e. The van der Waals surface area contributed by atoms with Gasteiger partial charge in [0.1, 0.15) is 6.61 Å². The lowest BCUT2D eigenvalue weighted by molar-refractivity contribution is -0.151. The van der Waals surface area contributed by atoms with E-state index in [1.54, 1.807) is 24.3 Å². The Morgan fingerprint density at radius 1 is 1.05 bits per heavy atom. The van der Waals surface area contributed by atoms with E-state index in [4.69, 9.17) is 14.9 Å². The average Bonchev–Trinajstić information content (AvgIpc) is 2.91. The number of rotatable bonds is 4. The summed E-state index contributed by atoms with van der Waals surface area (Å²) in [5.74, 6) is -4.65. The van der Waals surface area contributed by atoms with Gasteiger partial charge in [0.15, 0.2) is 0 Å². The summed E-state index contributed by atoms with van der Waals surface area (Å²) >= 11 is 0. The largest absolute Gasteiger partial charge is 0.481 e. The maximum atomic E-state index is 11.9. The molecule has 1 saturated heterocycles. The molecule has 1 aromatic carbocycles. The zero-order valence-electron chi connectivity index (χ0n) is 11.1. The Hall–Kier alpha value is -2.57. The first-order valence-electron chi connectivity index (χ1n) is 6.40. The lowest BCUT2D eigenvalue weighted by Crippen LogP contribution is -2.30. The first-order chi connectivity index (χ1) is 9.99. The Balaban J connectivity index is 1.94. The fourth-order valence-electron chi connectivity index (χ4n) is 2.26. The molecule has 0 aromatic heterocycles. The molecule has 1 heterocycles. The minimum atomic E-state index is -1.22. The van der Waals surface area contributed by atoms with Gasteiger partial charge < -0.3 is 19.8 Å². The molecule has 0 bridgehead atoms. The Morgan fingerprint density at radius 2 is 1.57 bits per heavy atom. The Labute approximate surface area is 120 Å². The van der Waals surface area contributed by atoms with Gasteiger partial charge in [0.25, 0.3) is 0 Å². The van der Waals surface area contributed by atoms with Gasteiger partial charge in [0.2, 0.25) is 0 Å². The van der Waals surface area contributed by atoms with Crippen molar-refractivity contribution in [1.29, 1.82) is 0 Å². The number of likely N-dealkylation sites (tertiary alicyclic amines) is 1. The summed E-state index contributed by atoms with van der Waals surface area (Å²) in [7, 11) is 0. The number of carbonyl (C=O) groups is 3. The summed E-state index contributed by atoms with van der Waals surface area (Å²) < 4.78 is 5.07. The van der Waals surface area contributed by atoms with Gasteiger partial charge in [0.05, 0.1) is 11.8 Å². The van der Waals surface area contributed by atoms with Crippen molar-refractivity contribution in [3.05, 3.63) is 35.9 Å². The van der Waals surface area contributed by atoms with Crippen LogP contribution in [0, 0.1) is 11.8 Å². The van der Waals surface area contributed by atoms with E-state index in [9.17, 15) is 14.4 Å². The highest BCUT2D eigenvalue weighted by atomic mass is 16.6. The van der Waals surface area contributed by atoms with E-state index in [0.717, 1.165) is 10.5 Å². The second-order valence-electron chi connectivity index (χ2n) is 4.83. The van der Waals surface area contributed by atoms with Crippen molar-refractivity contribution >= 4 is 18.0 Å². The number of benzene rings is 1. The van der Waals surface area contributed by atoms with Crippen molar-refractivity contribution in [2.45, 2.75) is 6.61 Å². The van der Waals surface area contributed by atoms with Crippen LogP contribution in [-0.2, 0) is 20.9 Å². The second-order valence-corrected chi connectivity index (χ2v) is 4.83. The van der Waals surface area contributed by atoms with Crippen molar-refractivity contribution in [2.75, 3.05) is 13.1 Å². The molecular formula is C14H15NO6. The van der Waals surface area contributed by atoms with Crippen LogP contribution in [0.1, 0.15) is 5.56 Å². The van der Waals surface area contributed by atoms with Crippen LogP contribution < -0.4 is 0 Å². The van der Waals surface area contributed by atoms with Crippen LogP contribution in [0.25, 0.3) is 0 Å². The predicted molar refractivity (Wildman–Crippen MR) is 70.5 cm³/mol. The predicted octanol–water partition coefficient (Wildman–Crippen LogP) is 1.04. The molecule has 7 heteroatoms.